The first-order valence-electron chi connectivity index (χ1n) is 4.82. The summed E-state index contributed by atoms with van der Waals surface area (Å²) >= 11 is 0. The number of anilines is 1. The van der Waals surface area contributed by atoms with Crippen LogP contribution >= 0.6 is 0 Å². The monoisotopic (exact) mass is 193 g/mol. The second-order valence-corrected chi connectivity index (χ2v) is 3.65. The predicted molar refractivity (Wildman–Crippen MR) is 54.8 cm³/mol. The standard InChI is InChI=1S/C10H15N3O/c1-7-6-14-9(5-12-7)8-2-3-10(11)13-4-8/h2-4,7,9,12H,5-6H2,1H3,(H2,11,13). The molecule has 0 spiro atoms. The van der Waals surface area contributed by atoms with Crippen LogP contribution in [0.4, 0.5) is 5.82 Å². The summed E-state index contributed by atoms with van der Waals surface area (Å²) in [7, 11) is 0. The molecule has 0 bridgehead atoms. The molecular weight excluding hydrogens is 178 g/mol. The van der Waals surface area contributed by atoms with Crippen LogP contribution in [0, 0.1) is 0 Å². The van der Waals surface area contributed by atoms with Gasteiger partial charge in [0.05, 0.1) is 12.7 Å². The van der Waals surface area contributed by atoms with Gasteiger partial charge >= 0.3 is 0 Å². The second-order valence-electron chi connectivity index (χ2n) is 3.65. The van der Waals surface area contributed by atoms with Crippen LogP contribution in [0.15, 0.2) is 18.3 Å². The molecule has 2 heterocycles. The molecule has 1 aliphatic rings. The van der Waals surface area contributed by atoms with Crippen molar-refractivity contribution < 1.29 is 4.74 Å². The Balaban J connectivity index is 2.05. The first-order chi connectivity index (χ1) is 6.75. The van der Waals surface area contributed by atoms with E-state index in [2.05, 4.69) is 17.2 Å². The summed E-state index contributed by atoms with van der Waals surface area (Å²) in [6.45, 7) is 3.69. The van der Waals surface area contributed by atoms with Crippen LogP contribution in [0.2, 0.25) is 0 Å². The number of morpholine rings is 1. The van der Waals surface area contributed by atoms with Crippen LogP contribution in [0.5, 0.6) is 0 Å². The molecule has 2 atom stereocenters. The highest BCUT2D eigenvalue weighted by molar-refractivity contribution is 5.30. The van der Waals surface area contributed by atoms with E-state index < -0.39 is 0 Å². The third-order valence-electron chi connectivity index (χ3n) is 2.38. The van der Waals surface area contributed by atoms with E-state index >= 15 is 0 Å². The van der Waals surface area contributed by atoms with Gasteiger partial charge in [-0.1, -0.05) is 6.07 Å². The molecule has 0 aliphatic carbocycles. The quantitative estimate of drug-likeness (QED) is 0.689. The average molecular weight is 193 g/mol. The number of nitrogens with two attached hydrogens (primary N) is 1. The summed E-state index contributed by atoms with van der Waals surface area (Å²) in [5, 5.41) is 3.36. The molecule has 0 aromatic carbocycles. The highest BCUT2D eigenvalue weighted by atomic mass is 16.5. The number of nitrogen functional groups attached to an aromatic ring is 1. The Morgan fingerprint density at radius 2 is 2.43 bits per heavy atom. The van der Waals surface area contributed by atoms with Crippen LogP contribution in [-0.2, 0) is 4.74 Å². The summed E-state index contributed by atoms with van der Waals surface area (Å²) in [5.41, 5.74) is 6.59. The Bertz CT molecular complexity index is 291. The van der Waals surface area contributed by atoms with Crippen LogP contribution in [0.25, 0.3) is 0 Å². The molecule has 0 saturated carbocycles. The first kappa shape index (κ1) is 9.43. The van der Waals surface area contributed by atoms with Crippen molar-refractivity contribution in [1.29, 1.82) is 0 Å². The number of nitrogens with one attached hydrogen (secondary N) is 1. The Hall–Kier alpha value is -1.13. The maximum absolute atomic E-state index is 5.67. The number of hydrogen-bond acceptors (Lipinski definition) is 4. The van der Waals surface area contributed by atoms with Crippen LogP contribution in [0.3, 0.4) is 0 Å². The minimum Gasteiger partial charge on any atom is -0.384 e. The van der Waals surface area contributed by atoms with Gasteiger partial charge in [-0.25, -0.2) is 4.98 Å². The summed E-state index contributed by atoms with van der Waals surface area (Å²) in [6.07, 6.45) is 1.89. The summed E-state index contributed by atoms with van der Waals surface area (Å²) in [6, 6.07) is 4.20. The Morgan fingerprint density at radius 3 is 3.00 bits per heavy atom. The number of ether oxygens (including phenoxy) is 1. The van der Waals surface area contributed by atoms with Gasteiger partial charge in [-0.3, -0.25) is 0 Å². The summed E-state index contributed by atoms with van der Waals surface area (Å²) in [4.78, 5) is 4.04. The normalized spacial score (nSPS) is 27.5. The van der Waals surface area contributed by atoms with Gasteiger partial charge in [-0.2, -0.15) is 0 Å². The van der Waals surface area contributed by atoms with E-state index in [0.29, 0.717) is 11.9 Å². The zero-order valence-electron chi connectivity index (χ0n) is 8.23. The lowest BCUT2D eigenvalue weighted by atomic mass is 10.1. The van der Waals surface area contributed by atoms with Crippen molar-refractivity contribution in [3.63, 3.8) is 0 Å². The van der Waals surface area contributed by atoms with Crippen molar-refractivity contribution in [3.05, 3.63) is 23.9 Å². The van der Waals surface area contributed by atoms with Gasteiger partial charge in [0, 0.05) is 24.3 Å². The Labute approximate surface area is 83.5 Å². The number of aromatic nitrogens is 1. The zero-order chi connectivity index (χ0) is 9.97. The van der Waals surface area contributed by atoms with Gasteiger partial charge in [0.2, 0.25) is 0 Å². The third-order valence-corrected chi connectivity index (χ3v) is 2.38. The molecule has 1 aromatic rings. The molecular formula is C10H15N3O. The van der Waals surface area contributed by atoms with Crippen LogP contribution in [-0.4, -0.2) is 24.2 Å². The molecule has 0 amide bonds. The molecule has 1 aliphatic heterocycles. The van der Waals surface area contributed by atoms with E-state index in [0.717, 1.165) is 18.7 Å². The summed E-state index contributed by atoms with van der Waals surface area (Å²) < 4.78 is 5.67. The van der Waals surface area contributed by atoms with Crippen molar-refractivity contribution in [3.8, 4) is 0 Å². The predicted octanol–water partition coefficient (Wildman–Crippen LogP) is 0.713. The molecule has 0 radical (unpaired) electrons. The third kappa shape index (κ3) is 2.02. The van der Waals surface area contributed by atoms with Crippen molar-refractivity contribution >= 4 is 5.82 Å². The molecule has 14 heavy (non-hydrogen) atoms. The second kappa shape index (κ2) is 3.94. The molecule has 1 fully saturated rings. The fourth-order valence-electron chi connectivity index (χ4n) is 1.51. The van der Waals surface area contributed by atoms with Crippen molar-refractivity contribution in [2.75, 3.05) is 18.9 Å². The van der Waals surface area contributed by atoms with Gasteiger partial charge in [0.25, 0.3) is 0 Å². The lowest BCUT2D eigenvalue weighted by Gasteiger charge is -2.28. The van der Waals surface area contributed by atoms with Crippen LogP contribution < -0.4 is 11.1 Å². The zero-order valence-corrected chi connectivity index (χ0v) is 8.23. The maximum atomic E-state index is 5.67. The largest absolute Gasteiger partial charge is 0.384 e. The van der Waals surface area contributed by atoms with E-state index in [1.165, 1.54) is 0 Å². The molecule has 1 aromatic heterocycles. The van der Waals surface area contributed by atoms with Gasteiger partial charge in [0.1, 0.15) is 5.82 Å². The van der Waals surface area contributed by atoms with Crippen molar-refractivity contribution in [2.24, 2.45) is 0 Å². The molecule has 4 heteroatoms. The molecule has 2 rings (SSSR count). The minimum atomic E-state index is 0.110. The molecule has 4 nitrogen and oxygen atoms in total. The number of pyridine rings is 1. The van der Waals surface area contributed by atoms with Crippen molar-refractivity contribution in [1.82, 2.24) is 10.3 Å². The highest BCUT2D eigenvalue weighted by Gasteiger charge is 2.19. The number of nitrogens with zero attached hydrogens (tertiary/aromatic N) is 1. The van der Waals surface area contributed by atoms with Gasteiger partial charge in [-0.15, -0.1) is 0 Å². The maximum Gasteiger partial charge on any atom is 0.123 e. The fraction of sp³-hybridized carbons (Fsp3) is 0.500. The smallest absolute Gasteiger partial charge is 0.123 e. The summed E-state index contributed by atoms with van der Waals surface area (Å²) in [5.74, 6) is 0.547. The Morgan fingerprint density at radius 1 is 1.57 bits per heavy atom. The molecule has 2 unspecified atom stereocenters. The van der Waals surface area contributed by atoms with E-state index in [1.807, 2.05) is 6.07 Å². The lowest BCUT2D eigenvalue weighted by Crippen LogP contribution is -2.40. The minimum absolute atomic E-state index is 0.110. The average Bonchev–Trinajstić information content (AvgIpc) is 2.21. The molecule has 1 saturated heterocycles. The highest BCUT2D eigenvalue weighted by Crippen LogP contribution is 2.19. The fourth-order valence-corrected chi connectivity index (χ4v) is 1.51. The number of rotatable bonds is 1. The molecule has 3 N–H and O–H groups in total. The van der Waals surface area contributed by atoms with Crippen molar-refractivity contribution in [2.45, 2.75) is 19.1 Å². The molecule has 76 valence electrons. The van der Waals surface area contributed by atoms with Crippen LogP contribution in [0.1, 0.15) is 18.6 Å². The number of hydrogen-bond donors (Lipinski definition) is 2. The van der Waals surface area contributed by atoms with E-state index in [4.69, 9.17) is 10.5 Å². The topological polar surface area (TPSA) is 60.2 Å². The van der Waals surface area contributed by atoms with E-state index in [9.17, 15) is 0 Å². The Kier molecular flexibility index (Phi) is 2.65. The first-order valence-corrected chi connectivity index (χ1v) is 4.82. The van der Waals surface area contributed by atoms with Gasteiger partial charge < -0.3 is 15.8 Å². The van der Waals surface area contributed by atoms with E-state index in [1.54, 1.807) is 12.3 Å². The van der Waals surface area contributed by atoms with Gasteiger partial charge in [0.15, 0.2) is 0 Å². The van der Waals surface area contributed by atoms with Gasteiger partial charge in [-0.05, 0) is 13.0 Å². The lowest BCUT2D eigenvalue weighted by molar-refractivity contribution is 0.00678. The SMILES string of the molecule is CC1COC(c2ccc(N)nc2)CN1. The van der Waals surface area contributed by atoms with E-state index in [-0.39, 0.29) is 6.10 Å².